The van der Waals surface area contributed by atoms with Gasteiger partial charge in [-0.25, -0.2) is 19.3 Å². The number of halogens is 2. The summed E-state index contributed by atoms with van der Waals surface area (Å²) in [5.41, 5.74) is 2.27. The van der Waals surface area contributed by atoms with Crippen molar-refractivity contribution in [3.05, 3.63) is 53.2 Å². The number of thiazole rings is 1. The molecule has 13 heteroatoms. The van der Waals surface area contributed by atoms with Crippen LogP contribution in [0.25, 0.3) is 10.3 Å². The summed E-state index contributed by atoms with van der Waals surface area (Å²) in [5, 5.41) is 7.55. The van der Waals surface area contributed by atoms with Crippen molar-refractivity contribution in [2.45, 2.75) is 19.4 Å². The number of fused-ring (bicyclic) bond motifs is 1. The van der Waals surface area contributed by atoms with E-state index in [1.165, 1.54) is 36.5 Å². The molecule has 34 heavy (non-hydrogen) atoms. The fourth-order valence-corrected chi connectivity index (χ4v) is 5.38. The van der Waals surface area contributed by atoms with Crippen molar-refractivity contribution in [2.75, 3.05) is 37.1 Å². The average Bonchev–Trinajstić information content (AvgIpc) is 3.43. The minimum atomic E-state index is -0.345. The molecule has 5 heterocycles. The Labute approximate surface area is 221 Å². The second-order valence-corrected chi connectivity index (χ2v) is 10.6. The van der Waals surface area contributed by atoms with Gasteiger partial charge in [0.05, 0.1) is 17.2 Å². The number of aromatic nitrogens is 6. The molecular formula is C21H24ClFIrN8PS-. The topological polar surface area (TPSA) is 103 Å². The second-order valence-electron chi connectivity index (χ2n) is 7.15. The minimum absolute atomic E-state index is 0. The van der Waals surface area contributed by atoms with Crippen LogP contribution in [0.3, 0.4) is 0 Å². The van der Waals surface area contributed by atoms with Crippen LogP contribution in [0.2, 0.25) is 0 Å². The van der Waals surface area contributed by atoms with Gasteiger partial charge < -0.3 is 20.6 Å². The first-order valence-electron chi connectivity index (χ1n) is 10.5. The van der Waals surface area contributed by atoms with Crippen molar-refractivity contribution in [1.29, 1.82) is 0 Å². The molecule has 1 fully saturated rings. The first-order valence-corrected chi connectivity index (χ1v) is 13.8. The molecule has 0 spiro atoms. The van der Waals surface area contributed by atoms with Gasteiger partial charge in [0.2, 0.25) is 0 Å². The molecule has 0 aromatic carbocycles. The zero-order valence-electron chi connectivity index (χ0n) is 18.5. The molecule has 0 saturated carbocycles. The second kappa shape index (κ2) is 13.5. The fourth-order valence-electron chi connectivity index (χ4n) is 3.14. The van der Waals surface area contributed by atoms with E-state index in [4.69, 9.17) is 0 Å². The van der Waals surface area contributed by atoms with E-state index in [2.05, 4.69) is 52.1 Å². The summed E-state index contributed by atoms with van der Waals surface area (Å²) in [6, 6.07) is 2.96. The Morgan fingerprint density at radius 1 is 1.15 bits per heavy atom. The van der Waals surface area contributed by atoms with E-state index >= 15 is 0 Å². The normalized spacial score (nSPS) is 12.7. The number of nitrogens with one attached hydrogen (secondary N) is 2. The van der Waals surface area contributed by atoms with E-state index in [9.17, 15) is 4.39 Å². The largest absolute Gasteiger partial charge is 0.446 e. The number of hydrogen-bond acceptors (Lipinski definition) is 8. The van der Waals surface area contributed by atoms with Crippen molar-refractivity contribution < 1.29 is 24.5 Å². The molecule has 4 aromatic rings. The fraction of sp³-hybridized carbons (Fsp3) is 0.381. The van der Waals surface area contributed by atoms with Crippen molar-refractivity contribution >= 4 is 52.5 Å². The first-order chi connectivity index (χ1) is 16.3. The summed E-state index contributed by atoms with van der Waals surface area (Å²) in [6.07, 6.45) is 10.8. The van der Waals surface area contributed by atoms with Gasteiger partial charge in [-0.05, 0) is 42.9 Å². The molecule has 0 aliphatic carbocycles. The molecule has 2 N–H and O–H groups in total. The molecule has 1 radical (unpaired) electrons. The number of rotatable bonds is 10. The SMILES string of the molecule is CCl.Fc1cccnc1CNc1ncnc2sc(CCNCCc3ncc(P4CC4)[n-]3)nc12.[Ir]. The van der Waals surface area contributed by atoms with Crippen LogP contribution in [0.15, 0.2) is 30.9 Å². The van der Waals surface area contributed by atoms with E-state index in [0.29, 0.717) is 17.0 Å². The molecule has 8 nitrogen and oxygen atoms in total. The van der Waals surface area contributed by atoms with Crippen LogP contribution in [0.4, 0.5) is 10.2 Å². The van der Waals surface area contributed by atoms with Crippen LogP contribution >= 0.6 is 30.9 Å². The molecule has 1 saturated heterocycles. The Kier molecular flexibility index (Phi) is 10.7. The Morgan fingerprint density at radius 2 is 1.97 bits per heavy atom. The maximum absolute atomic E-state index is 13.8. The summed E-state index contributed by atoms with van der Waals surface area (Å²) in [4.78, 5) is 27.2. The summed E-state index contributed by atoms with van der Waals surface area (Å²) in [5.74, 6) is 1.18. The molecule has 0 atom stereocenters. The first kappa shape index (κ1) is 27.0. The van der Waals surface area contributed by atoms with Crippen molar-refractivity contribution in [2.24, 2.45) is 0 Å². The molecule has 1 aliphatic rings. The number of anilines is 1. The maximum Gasteiger partial charge on any atom is 0.157 e. The number of imidazole rings is 1. The van der Waals surface area contributed by atoms with E-state index in [1.807, 2.05) is 6.20 Å². The van der Waals surface area contributed by atoms with Gasteiger partial charge in [-0.1, -0.05) is 31.3 Å². The van der Waals surface area contributed by atoms with Crippen molar-refractivity contribution in [1.82, 2.24) is 35.2 Å². The molecule has 5 rings (SSSR count). The van der Waals surface area contributed by atoms with Gasteiger partial charge >= 0.3 is 0 Å². The van der Waals surface area contributed by atoms with Gasteiger partial charge in [0.25, 0.3) is 0 Å². The number of alkyl halides is 1. The number of nitrogens with zero attached hydrogens (tertiary/aromatic N) is 6. The van der Waals surface area contributed by atoms with Gasteiger partial charge in [0.15, 0.2) is 5.82 Å². The van der Waals surface area contributed by atoms with Crippen LogP contribution in [0.5, 0.6) is 0 Å². The maximum atomic E-state index is 13.8. The van der Waals surface area contributed by atoms with Gasteiger partial charge in [-0.3, -0.25) is 4.98 Å². The average molecular weight is 698 g/mol. The number of hydrogen-bond donors (Lipinski definition) is 2. The summed E-state index contributed by atoms with van der Waals surface area (Å²) < 4.78 is 13.8. The van der Waals surface area contributed by atoms with Crippen molar-refractivity contribution in [3.8, 4) is 0 Å². The molecule has 4 aromatic heterocycles. The Bertz CT molecular complexity index is 1190. The van der Waals surface area contributed by atoms with E-state index in [-0.39, 0.29) is 40.4 Å². The predicted octanol–water partition coefficient (Wildman–Crippen LogP) is 2.93. The van der Waals surface area contributed by atoms with Crippen molar-refractivity contribution in [3.63, 3.8) is 0 Å². The number of pyridine rings is 1. The Balaban J connectivity index is 0.00000105. The monoisotopic (exact) mass is 698 g/mol. The smallest absolute Gasteiger partial charge is 0.157 e. The summed E-state index contributed by atoms with van der Waals surface area (Å²) >= 11 is 6.19. The standard InChI is InChI=1S/C20H21FN8PS.CH3Cl.Ir/c21-13-2-1-5-23-14(13)10-25-19-18-20(27-12-26-19)31-17(29-18)4-7-22-6-3-15-24-11-16(28-15)30-8-9-30;1-2;/h1-2,5,11-12,22H,3-4,6-10H2,(H-,24,25,26,27,28);1H3;/q-1;;. The molecule has 0 bridgehead atoms. The van der Waals surface area contributed by atoms with Gasteiger partial charge in [-0.2, -0.15) is 0 Å². The van der Waals surface area contributed by atoms with Crippen LogP contribution in [-0.4, -0.2) is 56.7 Å². The van der Waals surface area contributed by atoms with Crippen LogP contribution < -0.4 is 21.1 Å². The van der Waals surface area contributed by atoms with Crippen LogP contribution in [0, 0.1) is 5.82 Å². The van der Waals surface area contributed by atoms with E-state index in [1.54, 1.807) is 23.6 Å². The Hall–Kier alpha value is -1.61. The van der Waals surface area contributed by atoms with Gasteiger partial charge in [0, 0.05) is 45.7 Å². The Morgan fingerprint density at radius 3 is 2.76 bits per heavy atom. The molecule has 1 aliphatic heterocycles. The van der Waals surface area contributed by atoms with E-state index < -0.39 is 0 Å². The van der Waals surface area contributed by atoms with E-state index in [0.717, 1.165) is 41.6 Å². The predicted molar refractivity (Wildman–Crippen MR) is 133 cm³/mol. The van der Waals surface area contributed by atoms with Crippen LogP contribution in [0.1, 0.15) is 16.5 Å². The van der Waals surface area contributed by atoms with Gasteiger partial charge in [0.1, 0.15) is 22.5 Å². The third-order valence-electron chi connectivity index (χ3n) is 4.88. The summed E-state index contributed by atoms with van der Waals surface area (Å²) in [7, 11) is 0.0531. The third kappa shape index (κ3) is 7.20. The molecule has 0 amide bonds. The molecule has 0 unspecified atom stereocenters. The quantitative estimate of drug-likeness (QED) is 0.148. The summed E-state index contributed by atoms with van der Waals surface area (Å²) in [6.45, 7) is 1.89. The van der Waals surface area contributed by atoms with Gasteiger partial charge in [-0.15, -0.1) is 11.6 Å². The zero-order chi connectivity index (χ0) is 23.0. The molecular weight excluding hydrogens is 674 g/mol. The molecule has 183 valence electrons. The zero-order valence-corrected chi connectivity index (χ0v) is 23.3. The third-order valence-corrected chi connectivity index (χ3v) is 7.66. The van der Waals surface area contributed by atoms with Crippen LogP contribution in [-0.2, 0) is 39.5 Å². The minimum Gasteiger partial charge on any atom is -0.446 e.